The van der Waals surface area contributed by atoms with Crippen LogP contribution in [0.3, 0.4) is 0 Å². The van der Waals surface area contributed by atoms with Gasteiger partial charge in [-0.1, -0.05) is 18.1 Å². The molecule has 1 atom stereocenters. The molecule has 1 N–H and O–H groups in total. The Balaban J connectivity index is 1.67. The summed E-state index contributed by atoms with van der Waals surface area (Å²) in [7, 11) is 0.662. The minimum atomic E-state index is -3.27. The molecule has 0 spiro atoms. The molecule has 0 aliphatic carbocycles. The van der Waals surface area contributed by atoms with Crippen LogP contribution < -0.4 is 5.32 Å². The highest BCUT2D eigenvalue weighted by Gasteiger charge is 2.19. The molecule has 0 radical (unpaired) electrons. The van der Waals surface area contributed by atoms with Crippen LogP contribution in [0.25, 0.3) is 11.3 Å². The zero-order valence-electron chi connectivity index (χ0n) is 17.2. The zero-order valence-corrected chi connectivity index (χ0v) is 18.8. The van der Waals surface area contributed by atoms with Crippen molar-refractivity contribution in [3.8, 4) is 11.3 Å². The number of thiophene rings is 1. The monoisotopic (exact) mass is 447 g/mol. The highest BCUT2D eigenvalue weighted by Crippen LogP contribution is 2.24. The van der Waals surface area contributed by atoms with Crippen LogP contribution in [0.1, 0.15) is 34.8 Å². The quantitative estimate of drug-likeness (QED) is 0.539. The minimum Gasteiger partial charge on any atom is -0.355 e. The summed E-state index contributed by atoms with van der Waals surface area (Å²) in [6, 6.07) is 12.1. The Labute approximate surface area is 180 Å². The van der Waals surface area contributed by atoms with Crippen LogP contribution in [-0.2, 0) is 9.84 Å². The second-order valence-electron chi connectivity index (χ2n) is 7.12. The molecule has 0 saturated carbocycles. The molecule has 0 fully saturated rings. The topological polar surface area (TPSA) is 92.5 Å². The summed E-state index contributed by atoms with van der Waals surface area (Å²) in [6.45, 7) is 2.27. The van der Waals surface area contributed by atoms with Crippen LogP contribution in [0.5, 0.6) is 0 Å². The number of nitrogens with zero attached hydrogens (tertiary/aromatic N) is 2. The fourth-order valence-electron chi connectivity index (χ4n) is 3.03. The number of amides is 1. The third kappa shape index (κ3) is 5.16. The van der Waals surface area contributed by atoms with Crippen LogP contribution in [0, 0.1) is 0 Å². The first-order valence-corrected chi connectivity index (χ1v) is 12.1. The van der Waals surface area contributed by atoms with Gasteiger partial charge in [0.25, 0.3) is 5.91 Å². The molecular formula is C21H25N3O4S2. The van der Waals surface area contributed by atoms with Gasteiger partial charge < -0.3 is 14.7 Å². The molecule has 1 aromatic carbocycles. The Morgan fingerprint density at radius 2 is 1.97 bits per heavy atom. The van der Waals surface area contributed by atoms with E-state index in [1.807, 2.05) is 38.5 Å². The van der Waals surface area contributed by atoms with Gasteiger partial charge >= 0.3 is 0 Å². The van der Waals surface area contributed by atoms with Crippen molar-refractivity contribution in [3.05, 3.63) is 58.4 Å². The predicted octanol–water partition coefficient (Wildman–Crippen LogP) is 3.62. The first-order valence-electron chi connectivity index (χ1n) is 9.59. The van der Waals surface area contributed by atoms with Crippen molar-refractivity contribution in [2.75, 3.05) is 26.4 Å². The zero-order chi connectivity index (χ0) is 21.7. The van der Waals surface area contributed by atoms with E-state index < -0.39 is 9.84 Å². The van der Waals surface area contributed by atoms with Gasteiger partial charge in [-0.15, -0.1) is 11.3 Å². The molecule has 0 aliphatic rings. The number of nitrogens with one attached hydrogen (secondary N) is 1. The molecule has 2 heterocycles. The number of carbonyl (C=O) groups excluding carboxylic acids is 1. The van der Waals surface area contributed by atoms with E-state index in [1.165, 1.54) is 4.88 Å². The molecule has 3 rings (SSSR count). The van der Waals surface area contributed by atoms with E-state index in [2.05, 4.69) is 15.4 Å². The summed E-state index contributed by atoms with van der Waals surface area (Å²) in [4.78, 5) is 16.0. The van der Waals surface area contributed by atoms with Crippen LogP contribution in [0.15, 0.2) is 57.3 Å². The van der Waals surface area contributed by atoms with Gasteiger partial charge in [0.05, 0.1) is 16.7 Å². The van der Waals surface area contributed by atoms with Gasteiger partial charge in [0.2, 0.25) is 0 Å². The van der Waals surface area contributed by atoms with E-state index in [1.54, 1.807) is 41.7 Å². The molecule has 9 heteroatoms. The van der Waals surface area contributed by atoms with Crippen LogP contribution in [-0.4, -0.2) is 50.8 Å². The highest BCUT2D eigenvalue weighted by molar-refractivity contribution is 7.91. The third-order valence-electron chi connectivity index (χ3n) is 4.66. The molecule has 2 aromatic heterocycles. The lowest BCUT2D eigenvalue weighted by Crippen LogP contribution is -2.34. The minimum absolute atomic E-state index is 0.0675. The average Bonchev–Trinajstić information content (AvgIpc) is 3.40. The lowest BCUT2D eigenvalue weighted by atomic mass is 10.1. The SMILES string of the molecule is CCCS(=O)(=O)c1ccc(-c2cc(C(=O)NCC(c3cccs3)N(C)C)no2)cc1. The van der Waals surface area contributed by atoms with E-state index >= 15 is 0 Å². The maximum atomic E-state index is 12.5. The van der Waals surface area contributed by atoms with Crippen molar-refractivity contribution >= 4 is 27.1 Å². The van der Waals surface area contributed by atoms with Gasteiger partial charge in [-0.25, -0.2) is 8.42 Å². The van der Waals surface area contributed by atoms with E-state index in [-0.39, 0.29) is 28.3 Å². The first-order chi connectivity index (χ1) is 14.3. The van der Waals surface area contributed by atoms with Crippen molar-refractivity contribution in [1.29, 1.82) is 0 Å². The normalized spacial score (nSPS) is 12.8. The number of hydrogen-bond donors (Lipinski definition) is 1. The Morgan fingerprint density at radius 3 is 2.57 bits per heavy atom. The highest BCUT2D eigenvalue weighted by atomic mass is 32.2. The van der Waals surface area contributed by atoms with Crippen LogP contribution in [0.4, 0.5) is 0 Å². The van der Waals surface area contributed by atoms with Gasteiger partial charge in [-0.05, 0) is 56.2 Å². The summed E-state index contributed by atoms with van der Waals surface area (Å²) in [5.41, 5.74) is 0.832. The van der Waals surface area contributed by atoms with Crippen LogP contribution >= 0.6 is 11.3 Å². The van der Waals surface area contributed by atoms with Gasteiger partial charge in [-0.2, -0.15) is 0 Å². The summed E-state index contributed by atoms with van der Waals surface area (Å²) in [6.07, 6.45) is 0.561. The Morgan fingerprint density at radius 1 is 1.23 bits per heavy atom. The van der Waals surface area contributed by atoms with Crippen molar-refractivity contribution in [3.63, 3.8) is 0 Å². The summed E-state index contributed by atoms with van der Waals surface area (Å²) >= 11 is 1.64. The summed E-state index contributed by atoms with van der Waals surface area (Å²) in [5, 5.41) is 8.77. The molecule has 160 valence electrons. The van der Waals surface area contributed by atoms with E-state index in [0.29, 0.717) is 24.3 Å². The third-order valence-corrected chi connectivity index (χ3v) is 7.57. The van der Waals surface area contributed by atoms with Gasteiger partial charge in [-0.3, -0.25) is 4.79 Å². The number of benzene rings is 1. The largest absolute Gasteiger partial charge is 0.355 e. The second-order valence-corrected chi connectivity index (χ2v) is 10.2. The average molecular weight is 448 g/mol. The molecule has 0 saturated heterocycles. The standard InChI is InChI=1S/C21H25N3O4S2/c1-4-12-30(26,27)16-9-7-15(8-10-16)19-13-17(23-28-19)21(25)22-14-18(24(2)3)20-6-5-11-29-20/h5-11,13,18H,4,12,14H2,1-3H3,(H,22,25). The number of aromatic nitrogens is 1. The van der Waals surface area contributed by atoms with Gasteiger partial charge in [0, 0.05) is 23.1 Å². The van der Waals surface area contributed by atoms with Crippen molar-refractivity contribution in [2.45, 2.75) is 24.3 Å². The van der Waals surface area contributed by atoms with Crippen molar-refractivity contribution in [1.82, 2.24) is 15.4 Å². The van der Waals surface area contributed by atoms with Gasteiger partial charge in [0.1, 0.15) is 0 Å². The summed E-state index contributed by atoms with van der Waals surface area (Å²) in [5.74, 6) is 0.191. The Hall–Kier alpha value is -2.49. The fourth-order valence-corrected chi connectivity index (χ4v) is 5.28. The number of likely N-dealkylation sites (N-methyl/N-ethyl adjacent to an activating group) is 1. The molecular weight excluding hydrogens is 422 g/mol. The lowest BCUT2D eigenvalue weighted by molar-refractivity contribution is 0.0933. The number of rotatable bonds is 9. The molecule has 30 heavy (non-hydrogen) atoms. The van der Waals surface area contributed by atoms with Crippen molar-refractivity contribution in [2.24, 2.45) is 0 Å². The number of hydrogen-bond acceptors (Lipinski definition) is 7. The molecule has 3 aromatic rings. The van der Waals surface area contributed by atoms with Gasteiger partial charge in [0.15, 0.2) is 21.3 Å². The maximum Gasteiger partial charge on any atom is 0.273 e. The number of sulfone groups is 1. The molecule has 7 nitrogen and oxygen atoms in total. The Bertz CT molecular complexity index is 1070. The van der Waals surface area contributed by atoms with Crippen molar-refractivity contribution < 1.29 is 17.7 Å². The molecule has 0 bridgehead atoms. The lowest BCUT2D eigenvalue weighted by Gasteiger charge is -2.23. The van der Waals surface area contributed by atoms with E-state index in [0.717, 1.165) is 0 Å². The van der Waals surface area contributed by atoms with Crippen LogP contribution in [0.2, 0.25) is 0 Å². The summed E-state index contributed by atoms with van der Waals surface area (Å²) < 4.78 is 29.6. The molecule has 1 amide bonds. The fraction of sp³-hybridized carbons (Fsp3) is 0.333. The maximum absolute atomic E-state index is 12.5. The molecule has 1 unspecified atom stereocenters. The number of carbonyl (C=O) groups is 1. The predicted molar refractivity (Wildman–Crippen MR) is 117 cm³/mol. The first kappa shape index (κ1) is 22.2. The second kappa shape index (κ2) is 9.55. The van der Waals surface area contributed by atoms with E-state index in [4.69, 9.17) is 4.52 Å². The smallest absolute Gasteiger partial charge is 0.273 e. The Kier molecular flexibility index (Phi) is 7.06. The molecule has 0 aliphatic heterocycles. The van der Waals surface area contributed by atoms with E-state index in [9.17, 15) is 13.2 Å².